The van der Waals surface area contributed by atoms with Crippen LogP contribution >= 0.6 is 0 Å². The Balaban J connectivity index is 1.27. The van der Waals surface area contributed by atoms with Crippen LogP contribution in [0.15, 0.2) is 12.4 Å². The van der Waals surface area contributed by atoms with Crippen LogP contribution in [0.2, 0.25) is 0 Å². The summed E-state index contributed by atoms with van der Waals surface area (Å²) in [6.45, 7) is 9.99. The van der Waals surface area contributed by atoms with Gasteiger partial charge in [0.2, 0.25) is 0 Å². The summed E-state index contributed by atoms with van der Waals surface area (Å²) >= 11 is 0. The Bertz CT molecular complexity index is 844. The number of nitrogens with zero attached hydrogens (tertiary/aromatic N) is 2. The van der Waals surface area contributed by atoms with E-state index in [1.54, 1.807) is 0 Å². The maximum absolute atomic E-state index is 13.6. The number of hydrogen-bond acceptors (Lipinski definition) is 2. The van der Waals surface area contributed by atoms with E-state index in [2.05, 4.69) is 32.8 Å². The van der Waals surface area contributed by atoms with Crippen LogP contribution in [0.1, 0.15) is 71.3 Å². The number of rotatable bonds is 3. The molecule has 3 nitrogen and oxygen atoms in total. The molecule has 0 aromatic carbocycles. The van der Waals surface area contributed by atoms with Gasteiger partial charge in [-0.1, -0.05) is 27.2 Å². The lowest BCUT2D eigenvalue weighted by atomic mass is 9.47. The summed E-state index contributed by atoms with van der Waals surface area (Å²) in [6.07, 6.45) is 14.0. The Kier molecular flexibility index (Phi) is 4.36. The van der Waals surface area contributed by atoms with Gasteiger partial charge in [-0.2, -0.15) is 5.10 Å². The molecule has 1 aromatic heterocycles. The Morgan fingerprint density at radius 3 is 2.67 bits per heavy atom. The molecule has 3 heteroatoms. The van der Waals surface area contributed by atoms with Crippen molar-refractivity contribution in [2.45, 2.75) is 79.2 Å². The molecule has 0 N–H and O–H groups in total. The van der Waals surface area contributed by atoms with E-state index in [1.165, 1.54) is 44.9 Å². The molecule has 0 amide bonds. The Morgan fingerprint density at radius 2 is 1.90 bits per heavy atom. The Morgan fingerprint density at radius 1 is 1.10 bits per heavy atom. The molecule has 0 spiro atoms. The molecule has 164 valence electrons. The smallest absolute Gasteiger partial charge is 0.158 e. The fraction of sp³-hybridized carbons (Fsp3) is 0.852. The summed E-state index contributed by atoms with van der Waals surface area (Å²) in [4.78, 5) is 13.6. The van der Waals surface area contributed by atoms with E-state index in [0.29, 0.717) is 18.2 Å². The lowest BCUT2D eigenvalue weighted by molar-refractivity contribution is -0.135. The summed E-state index contributed by atoms with van der Waals surface area (Å²) in [5.41, 5.74) is 1.40. The third-order valence-corrected chi connectivity index (χ3v) is 11.0. The molecule has 30 heavy (non-hydrogen) atoms. The van der Waals surface area contributed by atoms with Gasteiger partial charge in [0, 0.05) is 12.1 Å². The van der Waals surface area contributed by atoms with Crippen LogP contribution in [0.5, 0.6) is 0 Å². The highest BCUT2D eigenvalue weighted by molar-refractivity contribution is 5.83. The lowest BCUT2D eigenvalue weighted by Crippen LogP contribution is -2.51. The van der Waals surface area contributed by atoms with Gasteiger partial charge in [-0.15, -0.1) is 0 Å². The highest BCUT2D eigenvalue weighted by atomic mass is 16.1. The second-order valence-electron chi connectivity index (χ2n) is 12.5. The first-order valence-electron chi connectivity index (χ1n) is 12.9. The van der Waals surface area contributed by atoms with E-state index >= 15 is 0 Å². The number of aryl methyl sites for hydroxylation is 1. The Labute approximate surface area is 182 Å². The van der Waals surface area contributed by atoms with E-state index in [4.69, 9.17) is 0 Å². The first-order valence-corrected chi connectivity index (χ1v) is 12.9. The van der Waals surface area contributed by atoms with Crippen molar-refractivity contribution in [2.24, 2.45) is 64.6 Å². The molecule has 11 atom stereocenters. The minimum absolute atomic E-state index is 0.247. The van der Waals surface area contributed by atoms with Crippen molar-refractivity contribution in [3.05, 3.63) is 18.0 Å². The average molecular weight is 409 g/mol. The largest absolute Gasteiger partial charge is 0.297 e. The minimum atomic E-state index is 0.247. The van der Waals surface area contributed by atoms with Crippen LogP contribution in [0.25, 0.3) is 0 Å². The summed E-state index contributed by atoms with van der Waals surface area (Å²) < 4.78 is 1.89. The molecule has 0 radical (unpaired) electrons. The predicted octanol–water partition coefficient (Wildman–Crippen LogP) is 5.77. The summed E-state index contributed by atoms with van der Waals surface area (Å²) in [6, 6.07) is 0. The van der Waals surface area contributed by atoms with Gasteiger partial charge in [-0.25, -0.2) is 0 Å². The zero-order chi connectivity index (χ0) is 20.8. The minimum Gasteiger partial charge on any atom is -0.297 e. The third-order valence-electron chi connectivity index (χ3n) is 11.0. The maximum Gasteiger partial charge on any atom is 0.158 e. The molecule has 0 saturated heterocycles. The average Bonchev–Trinajstić information content (AvgIpc) is 3.04. The number of Topliss-reactive ketones (excluding diaryl/α,β-unsaturated/α-hetero) is 1. The van der Waals surface area contributed by atoms with Crippen LogP contribution in [-0.2, 0) is 11.3 Å². The van der Waals surface area contributed by atoms with Crippen molar-refractivity contribution in [3.63, 3.8) is 0 Å². The maximum atomic E-state index is 13.6. The van der Waals surface area contributed by atoms with Gasteiger partial charge < -0.3 is 0 Å². The monoisotopic (exact) mass is 408 g/mol. The number of ketones is 1. The molecule has 5 fully saturated rings. The first-order chi connectivity index (χ1) is 14.4. The quantitative estimate of drug-likeness (QED) is 0.636. The molecule has 1 aromatic rings. The van der Waals surface area contributed by atoms with E-state index in [9.17, 15) is 4.79 Å². The van der Waals surface area contributed by atoms with E-state index < -0.39 is 0 Å². The van der Waals surface area contributed by atoms with Crippen LogP contribution in [0, 0.1) is 71.5 Å². The number of aromatic nitrogens is 2. The molecule has 0 aliphatic heterocycles. The first kappa shape index (κ1) is 19.6. The fourth-order valence-electron chi connectivity index (χ4n) is 9.90. The van der Waals surface area contributed by atoms with Crippen molar-refractivity contribution in [1.29, 1.82) is 0 Å². The van der Waals surface area contributed by atoms with Crippen LogP contribution in [0.4, 0.5) is 0 Å². The second kappa shape index (κ2) is 6.69. The number of hydrogen-bond donors (Lipinski definition) is 0. The van der Waals surface area contributed by atoms with Crippen LogP contribution in [0.3, 0.4) is 0 Å². The van der Waals surface area contributed by atoms with E-state index in [-0.39, 0.29) is 11.3 Å². The highest BCUT2D eigenvalue weighted by Gasteiger charge is 2.73. The van der Waals surface area contributed by atoms with Gasteiger partial charge in [0.1, 0.15) is 0 Å². The highest BCUT2D eigenvalue weighted by Crippen LogP contribution is 2.76. The summed E-state index contributed by atoms with van der Waals surface area (Å²) in [5.74, 6) is 8.63. The molecule has 5 aliphatic rings. The number of fused-ring (bicyclic) bond motifs is 7. The molecule has 6 rings (SSSR count). The molecule has 1 unspecified atom stereocenters. The van der Waals surface area contributed by atoms with Gasteiger partial charge in [0.05, 0.1) is 12.7 Å². The van der Waals surface area contributed by atoms with Gasteiger partial charge in [0.25, 0.3) is 0 Å². The second-order valence-corrected chi connectivity index (χ2v) is 12.5. The van der Waals surface area contributed by atoms with Crippen molar-refractivity contribution in [3.8, 4) is 0 Å². The molecule has 5 saturated carbocycles. The normalized spacial score (nSPS) is 51.5. The van der Waals surface area contributed by atoms with E-state index in [0.717, 1.165) is 52.9 Å². The predicted molar refractivity (Wildman–Crippen MR) is 119 cm³/mol. The van der Waals surface area contributed by atoms with Crippen molar-refractivity contribution in [1.82, 2.24) is 9.78 Å². The zero-order valence-corrected chi connectivity index (χ0v) is 19.4. The van der Waals surface area contributed by atoms with Crippen molar-refractivity contribution in [2.75, 3.05) is 0 Å². The number of carbonyl (C=O) groups is 1. The fourth-order valence-corrected chi connectivity index (χ4v) is 9.90. The Hall–Kier alpha value is -1.12. The third kappa shape index (κ3) is 2.69. The molecule has 0 bridgehead atoms. The standard InChI is InChI=1S/C27H40N2O/c1-15-5-7-19-18(11-15)6-8-21-20(19)9-10-27(4)25(21)23-17(3)24(23)26(27)22(30)14-29-13-16(2)12-28-29/h12-13,15,17-21,23-26H,5-11,14H2,1-4H3/t15-,17-,18+,19-,20+,21+,23+,24-,25?,26-,27-/m0/s1. The van der Waals surface area contributed by atoms with Crippen LogP contribution < -0.4 is 0 Å². The van der Waals surface area contributed by atoms with Gasteiger partial charge >= 0.3 is 0 Å². The molecular weight excluding hydrogens is 368 g/mol. The summed E-state index contributed by atoms with van der Waals surface area (Å²) in [7, 11) is 0. The van der Waals surface area contributed by atoms with Gasteiger partial charge in [-0.3, -0.25) is 9.48 Å². The van der Waals surface area contributed by atoms with E-state index in [1.807, 2.05) is 17.1 Å². The topological polar surface area (TPSA) is 34.9 Å². The van der Waals surface area contributed by atoms with Crippen molar-refractivity contribution < 1.29 is 4.79 Å². The van der Waals surface area contributed by atoms with Gasteiger partial charge in [0.15, 0.2) is 5.78 Å². The SMILES string of the molecule is Cc1cnn(CC(=O)[C@H]2[C@H]3[C@@H](C)[C@H]3C3[C@@H]4CC[C@@H]5C[C@@H](C)CC[C@@H]5[C@H]4CC[C@@]32C)c1. The number of carbonyl (C=O) groups excluding carboxylic acids is 1. The van der Waals surface area contributed by atoms with Crippen molar-refractivity contribution >= 4 is 5.78 Å². The molecule has 1 heterocycles. The molecular formula is C27H40N2O. The zero-order valence-electron chi connectivity index (χ0n) is 19.4. The molecule has 5 aliphatic carbocycles. The lowest BCUT2D eigenvalue weighted by Gasteiger charge is -2.57. The van der Waals surface area contributed by atoms with Gasteiger partial charge in [-0.05, 0) is 110 Å². The van der Waals surface area contributed by atoms with Crippen LogP contribution in [-0.4, -0.2) is 15.6 Å². The summed E-state index contributed by atoms with van der Waals surface area (Å²) in [5, 5.41) is 4.42.